The summed E-state index contributed by atoms with van der Waals surface area (Å²) in [6, 6.07) is 9.73. The molecule has 0 amide bonds. The van der Waals surface area contributed by atoms with Crippen LogP contribution in [0, 0.1) is 11.8 Å². The second kappa shape index (κ2) is 7.74. The average Bonchev–Trinajstić information content (AvgIpc) is 2.49. The van der Waals surface area contributed by atoms with E-state index in [1.807, 2.05) is 67.7 Å². The first-order chi connectivity index (χ1) is 9.61. The van der Waals surface area contributed by atoms with Gasteiger partial charge >= 0.3 is 0 Å². The number of benzene rings is 1. The number of hydrogen-bond acceptors (Lipinski definition) is 4. The van der Waals surface area contributed by atoms with Crippen LogP contribution >= 0.6 is 23.5 Å². The second-order valence-corrected chi connectivity index (χ2v) is 8.43. The standard InChI is InChI=1S/C16H24O2S2/c1-11(2)14(17)13(16-19-9-6-10-20-16)15(18)12-7-4-3-5-8-12/h3-5,7-8,11,13-18H,6,9-10H2,1-2H3/t13-,14-,15+/m0/s1. The van der Waals surface area contributed by atoms with Gasteiger partial charge in [-0.15, -0.1) is 23.5 Å². The Kier molecular flexibility index (Phi) is 6.27. The highest BCUT2D eigenvalue weighted by molar-refractivity contribution is 8.17. The Morgan fingerprint density at radius 1 is 1.05 bits per heavy atom. The van der Waals surface area contributed by atoms with Gasteiger partial charge < -0.3 is 10.2 Å². The molecule has 2 rings (SSSR count). The van der Waals surface area contributed by atoms with Gasteiger partial charge in [0.2, 0.25) is 0 Å². The maximum atomic E-state index is 10.8. The van der Waals surface area contributed by atoms with E-state index >= 15 is 0 Å². The lowest BCUT2D eigenvalue weighted by Crippen LogP contribution is -2.38. The number of thioether (sulfide) groups is 2. The zero-order chi connectivity index (χ0) is 14.5. The number of aliphatic hydroxyl groups is 2. The smallest absolute Gasteiger partial charge is 0.0861 e. The van der Waals surface area contributed by atoms with Crippen LogP contribution in [-0.2, 0) is 0 Å². The van der Waals surface area contributed by atoms with E-state index in [2.05, 4.69) is 0 Å². The van der Waals surface area contributed by atoms with Crippen LogP contribution in [0.15, 0.2) is 30.3 Å². The highest BCUT2D eigenvalue weighted by atomic mass is 32.2. The second-order valence-electron chi connectivity index (χ2n) is 5.63. The lowest BCUT2D eigenvalue weighted by atomic mass is 9.87. The quantitative estimate of drug-likeness (QED) is 0.872. The highest BCUT2D eigenvalue weighted by Crippen LogP contribution is 2.43. The largest absolute Gasteiger partial charge is 0.392 e. The normalized spacial score (nSPS) is 21.6. The van der Waals surface area contributed by atoms with E-state index in [1.165, 1.54) is 6.42 Å². The molecule has 1 fully saturated rings. The molecular weight excluding hydrogens is 288 g/mol. The van der Waals surface area contributed by atoms with Gasteiger partial charge in [0, 0.05) is 5.92 Å². The molecule has 1 aromatic carbocycles. The summed E-state index contributed by atoms with van der Waals surface area (Å²) < 4.78 is 0.274. The summed E-state index contributed by atoms with van der Waals surface area (Å²) in [5, 5.41) is 21.3. The van der Waals surface area contributed by atoms with Crippen LogP contribution in [0.3, 0.4) is 0 Å². The van der Waals surface area contributed by atoms with Crippen molar-refractivity contribution in [2.24, 2.45) is 11.8 Å². The van der Waals surface area contributed by atoms with Gasteiger partial charge in [-0.1, -0.05) is 44.2 Å². The van der Waals surface area contributed by atoms with E-state index in [9.17, 15) is 10.2 Å². The van der Waals surface area contributed by atoms with Crippen molar-refractivity contribution in [3.05, 3.63) is 35.9 Å². The fraction of sp³-hybridized carbons (Fsp3) is 0.625. The molecule has 2 N–H and O–H groups in total. The highest BCUT2D eigenvalue weighted by Gasteiger charge is 2.37. The molecule has 112 valence electrons. The van der Waals surface area contributed by atoms with Crippen molar-refractivity contribution in [1.29, 1.82) is 0 Å². The molecule has 0 unspecified atom stereocenters. The van der Waals surface area contributed by atoms with E-state index in [0.717, 1.165) is 17.1 Å². The molecule has 3 atom stereocenters. The van der Waals surface area contributed by atoms with Gasteiger partial charge in [-0.3, -0.25) is 0 Å². The van der Waals surface area contributed by atoms with Gasteiger partial charge in [-0.05, 0) is 29.4 Å². The SMILES string of the molecule is CC(C)[C@H](O)[C@H](C1SCCCS1)[C@H](O)c1ccccc1. The Balaban J connectivity index is 2.21. The molecule has 2 nitrogen and oxygen atoms in total. The van der Waals surface area contributed by atoms with Gasteiger partial charge in [0.15, 0.2) is 0 Å². The van der Waals surface area contributed by atoms with Crippen molar-refractivity contribution >= 4 is 23.5 Å². The first-order valence-corrected chi connectivity index (χ1v) is 9.35. The molecule has 1 aliphatic heterocycles. The van der Waals surface area contributed by atoms with Crippen LogP contribution in [0.5, 0.6) is 0 Å². The Morgan fingerprint density at radius 2 is 1.65 bits per heavy atom. The molecule has 4 heteroatoms. The molecule has 0 aliphatic carbocycles. The van der Waals surface area contributed by atoms with Gasteiger partial charge in [-0.2, -0.15) is 0 Å². The minimum absolute atomic E-state index is 0.118. The van der Waals surface area contributed by atoms with Gasteiger partial charge in [0.05, 0.1) is 16.8 Å². The van der Waals surface area contributed by atoms with Crippen LogP contribution in [0.2, 0.25) is 0 Å². The minimum atomic E-state index is -0.600. The Morgan fingerprint density at radius 3 is 2.20 bits per heavy atom. The van der Waals surface area contributed by atoms with Crippen molar-refractivity contribution < 1.29 is 10.2 Å². The van der Waals surface area contributed by atoms with Crippen molar-refractivity contribution in [2.75, 3.05) is 11.5 Å². The van der Waals surface area contributed by atoms with Crippen molar-refractivity contribution in [3.63, 3.8) is 0 Å². The lowest BCUT2D eigenvalue weighted by molar-refractivity contribution is -0.00432. The number of hydrogen-bond donors (Lipinski definition) is 2. The van der Waals surface area contributed by atoms with E-state index in [1.54, 1.807) is 0 Å². The lowest BCUT2D eigenvalue weighted by Gasteiger charge is -2.37. The molecule has 0 radical (unpaired) electrons. The van der Waals surface area contributed by atoms with E-state index in [-0.39, 0.29) is 16.4 Å². The maximum absolute atomic E-state index is 10.8. The Hall–Kier alpha value is -0.160. The van der Waals surface area contributed by atoms with Crippen LogP contribution in [-0.4, -0.2) is 32.4 Å². The van der Waals surface area contributed by atoms with Gasteiger partial charge in [-0.25, -0.2) is 0 Å². The van der Waals surface area contributed by atoms with Gasteiger partial charge in [0.1, 0.15) is 0 Å². The molecule has 0 saturated carbocycles. The van der Waals surface area contributed by atoms with E-state index in [4.69, 9.17) is 0 Å². The summed E-state index contributed by atoms with van der Waals surface area (Å²) in [6.07, 6.45) is 0.141. The van der Waals surface area contributed by atoms with Crippen LogP contribution in [0.25, 0.3) is 0 Å². The summed E-state index contributed by atoms with van der Waals surface area (Å²) in [5.41, 5.74) is 0.906. The molecular formula is C16H24O2S2. The summed E-state index contributed by atoms with van der Waals surface area (Å²) in [6.45, 7) is 4.04. The topological polar surface area (TPSA) is 40.5 Å². The van der Waals surface area contributed by atoms with E-state index in [0.29, 0.717) is 0 Å². The monoisotopic (exact) mass is 312 g/mol. The predicted molar refractivity (Wildman–Crippen MR) is 89.1 cm³/mol. The van der Waals surface area contributed by atoms with Crippen molar-refractivity contribution in [3.8, 4) is 0 Å². The van der Waals surface area contributed by atoms with Crippen LogP contribution in [0.4, 0.5) is 0 Å². The first-order valence-electron chi connectivity index (χ1n) is 7.25. The first kappa shape index (κ1) is 16.2. The molecule has 1 saturated heterocycles. The molecule has 1 aliphatic rings. The summed E-state index contributed by atoms with van der Waals surface area (Å²) in [7, 11) is 0. The molecule has 0 spiro atoms. The third-order valence-corrected chi connectivity index (χ3v) is 6.90. The number of rotatable bonds is 5. The number of aliphatic hydroxyl groups excluding tert-OH is 2. The zero-order valence-electron chi connectivity index (χ0n) is 12.1. The zero-order valence-corrected chi connectivity index (χ0v) is 13.7. The fourth-order valence-corrected chi connectivity index (χ4v) is 5.84. The van der Waals surface area contributed by atoms with E-state index < -0.39 is 12.2 Å². The molecule has 0 aromatic heterocycles. The maximum Gasteiger partial charge on any atom is 0.0861 e. The summed E-state index contributed by atoms with van der Waals surface area (Å²) in [5.74, 6) is 2.29. The molecule has 1 heterocycles. The molecule has 20 heavy (non-hydrogen) atoms. The third-order valence-electron chi connectivity index (χ3n) is 3.75. The Labute approximate surface area is 130 Å². The van der Waals surface area contributed by atoms with Crippen LogP contribution < -0.4 is 0 Å². The minimum Gasteiger partial charge on any atom is -0.392 e. The molecule has 0 bridgehead atoms. The van der Waals surface area contributed by atoms with Crippen molar-refractivity contribution in [1.82, 2.24) is 0 Å². The van der Waals surface area contributed by atoms with Gasteiger partial charge in [0.25, 0.3) is 0 Å². The van der Waals surface area contributed by atoms with Crippen molar-refractivity contribution in [2.45, 2.75) is 37.1 Å². The average molecular weight is 312 g/mol. The fourth-order valence-electron chi connectivity index (χ4n) is 2.54. The third kappa shape index (κ3) is 3.94. The van der Waals surface area contributed by atoms with Crippen LogP contribution in [0.1, 0.15) is 31.9 Å². The summed E-state index contributed by atoms with van der Waals surface area (Å²) >= 11 is 3.77. The summed E-state index contributed by atoms with van der Waals surface area (Å²) in [4.78, 5) is 0. The predicted octanol–water partition coefficient (Wildman–Crippen LogP) is 3.55. The Bertz CT molecular complexity index is 391. The molecule has 1 aromatic rings.